The summed E-state index contributed by atoms with van der Waals surface area (Å²) in [6, 6.07) is 8.59. The number of benzene rings is 1. The quantitative estimate of drug-likeness (QED) is 0.871. The molecule has 1 aliphatic rings. The van der Waals surface area contributed by atoms with E-state index >= 15 is 0 Å². The fourth-order valence-electron chi connectivity index (χ4n) is 2.58. The van der Waals surface area contributed by atoms with Crippen molar-refractivity contribution in [3.8, 4) is 0 Å². The van der Waals surface area contributed by atoms with Crippen LogP contribution in [-0.4, -0.2) is 25.0 Å². The smallest absolute Gasteiger partial charge is 0.220 e. The summed E-state index contributed by atoms with van der Waals surface area (Å²) >= 11 is 0. The highest BCUT2D eigenvalue weighted by molar-refractivity contribution is 5.76. The minimum absolute atomic E-state index is 0.178. The van der Waals surface area contributed by atoms with Crippen molar-refractivity contribution >= 4 is 5.91 Å². The number of nitrogens with one attached hydrogen (secondary N) is 2. The summed E-state index contributed by atoms with van der Waals surface area (Å²) in [6.07, 6.45) is 4.94. The average molecular weight is 260 g/mol. The molecule has 3 nitrogen and oxygen atoms in total. The zero-order valence-corrected chi connectivity index (χ0v) is 11.7. The number of rotatable bonds is 4. The third kappa shape index (κ3) is 4.67. The molecule has 0 aliphatic carbocycles. The Hall–Kier alpha value is -1.35. The van der Waals surface area contributed by atoms with Gasteiger partial charge in [0, 0.05) is 19.0 Å². The van der Waals surface area contributed by atoms with Crippen molar-refractivity contribution in [2.45, 2.75) is 45.1 Å². The average Bonchev–Trinajstić information content (AvgIpc) is 2.66. The van der Waals surface area contributed by atoms with Crippen LogP contribution in [0.4, 0.5) is 0 Å². The summed E-state index contributed by atoms with van der Waals surface area (Å²) in [5.41, 5.74) is 2.54. The van der Waals surface area contributed by atoms with E-state index in [2.05, 4.69) is 29.7 Å². The molecule has 1 aromatic carbocycles. The minimum atomic E-state index is 0.178. The summed E-state index contributed by atoms with van der Waals surface area (Å²) in [5.74, 6) is 0.178. The number of carbonyl (C=O) groups is 1. The molecule has 2 rings (SSSR count). The molecular weight excluding hydrogens is 236 g/mol. The van der Waals surface area contributed by atoms with Gasteiger partial charge in [0.05, 0.1) is 0 Å². The molecule has 2 N–H and O–H groups in total. The standard InChI is InChI=1S/C16H24N2O/c1-13-6-2-3-7-14(13)9-10-16(19)18-15-8-4-5-11-17-12-15/h2-3,6-7,15,17H,4-5,8-12H2,1H3,(H,18,19). The van der Waals surface area contributed by atoms with Crippen LogP contribution in [-0.2, 0) is 11.2 Å². The monoisotopic (exact) mass is 260 g/mol. The third-order valence-electron chi connectivity index (χ3n) is 3.79. The van der Waals surface area contributed by atoms with E-state index in [4.69, 9.17) is 0 Å². The van der Waals surface area contributed by atoms with Crippen LogP contribution >= 0.6 is 0 Å². The van der Waals surface area contributed by atoms with Crippen molar-refractivity contribution in [2.75, 3.05) is 13.1 Å². The molecule has 0 bridgehead atoms. The molecule has 104 valence electrons. The molecule has 0 saturated carbocycles. The first kappa shape index (κ1) is 14.1. The van der Waals surface area contributed by atoms with Gasteiger partial charge in [-0.25, -0.2) is 0 Å². The summed E-state index contributed by atoms with van der Waals surface area (Å²) in [7, 11) is 0. The molecule has 1 saturated heterocycles. The highest BCUT2D eigenvalue weighted by Gasteiger charge is 2.14. The van der Waals surface area contributed by atoms with Crippen LogP contribution < -0.4 is 10.6 Å². The Kier molecular flexibility index (Phi) is 5.40. The van der Waals surface area contributed by atoms with Crippen LogP contribution in [0, 0.1) is 6.92 Å². The lowest BCUT2D eigenvalue weighted by Gasteiger charge is -2.16. The summed E-state index contributed by atoms with van der Waals surface area (Å²) < 4.78 is 0. The van der Waals surface area contributed by atoms with E-state index in [1.54, 1.807) is 0 Å². The lowest BCUT2D eigenvalue weighted by molar-refractivity contribution is -0.121. The number of aryl methyl sites for hydroxylation is 2. The van der Waals surface area contributed by atoms with Gasteiger partial charge in [-0.05, 0) is 43.9 Å². The zero-order valence-electron chi connectivity index (χ0n) is 11.7. The number of carbonyl (C=O) groups excluding carboxylic acids is 1. The molecule has 1 unspecified atom stereocenters. The highest BCUT2D eigenvalue weighted by Crippen LogP contribution is 2.10. The summed E-state index contributed by atoms with van der Waals surface area (Å²) in [6.45, 7) is 4.09. The molecule has 0 radical (unpaired) electrons. The van der Waals surface area contributed by atoms with Gasteiger partial charge in [0.25, 0.3) is 0 Å². The lowest BCUT2D eigenvalue weighted by atomic mass is 10.0. The molecule has 19 heavy (non-hydrogen) atoms. The van der Waals surface area contributed by atoms with E-state index in [9.17, 15) is 4.79 Å². The fraction of sp³-hybridized carbons (Fsp3) is 0.562. The van der Waals surface area contributed by atoms with Crippen LogP contribution in [0.2, 0.25) is 0 Å². The molecule has 0 spiro atoms. The Morgan fingerprint density at radius 1 is 1.37 bits per heavy atom. The van der Waals surface area contributed by atoms with Crippen LogP contribution in [0.3, 0.4) is 0 Å². The number of hydrogen-bond donors (Lipinski definition) is 2. The molecule has 0 aromatic heterocycles. The predicted molar refractivity (Wildman–Crippen MR) is 78.2 cm³/mol. The Balaban J connectivity index is 1.76. The van der Waals surface area contributed by atoms with Crippen LogP contribution in [0.1, 0.15) is 36.8 Å². The van der Waals surface area contributed by atoms with Gasteiger partial charge in [-0.2, -0.15) is 0 Å². The molecule has 3 heteroatoms. The Morgan fingerprint density at radius 3 is 3.05 bits per heavy atom. The maximum absolute atomic E-state index is 12.0. The molecular formula is C16H24N2O. The molecule has 1 aliphatic heterocycles. The Labute approximate surface area is 115 Å². The second-order valence-corrected chi connectivity index (χ2v) is 5.39. The molecule has 1 aromatic rings. The van der Waals surface area contributed by atoms with Gasteiger partial charge in [-0.3, -0.25) is 4.79 Å². The maximum Gasteiger partial charge on any atom is 0.220 e. The minimum Gasteiger partial charge on any atom is -0.352 e. The van der Waals surface area contributed by atoms with Gasteiger partial charge in [0.15, 0.2) is 0 Å². The maximum atomic E-state index is 12.0. The summed E-state index contributed by atoms with van der Waals surface area (Å²) in [4.78, 5) is 12.0. The normalized spacial score (nSPS) is 19.7. The number of hydrogen-bond acceptors (Lipinski definition) is 2. The first-order valence-electron chi connectivity index (χ1n) is 7.30. The predicted octanol–water partition coefficient (Wildman–Crippen LogP) is 2.19. The van der Waals surface area contributed by atoms with E-state index < -0.39 is 0 Å². The van der Waals surface area contributed by atoms with Gasteiger partial charge in [-0.15, -0.1) is 0 Å². The van der Waals surface area contributed by atoms with Gasteiger partial charge in [0.1, 0.15) is 0 Å². The fourth-order valence-corrected chi connectivity index (χ4v) is 2.58. The molecule has 1 heterocycles. The largest absolute Gasteiger partial charge is 0.352 e. The van der Waals surface area contributed by atoms with Crippen molar-refractivity contribution < 1.29 is 4.79 Å². The second kappa shape index (κ2) is 7.29. The topological polar surface area (TPSA) is 41.1 Å². The summed E-state index contributed by atoms with van der Waals surface area (Å²) in [5, 5.41) is 6.52. The molecule has 1 fully saturated rings. The third-order valence-corrected chi connectivity index (χ3v) is 3.79. The molecule has 1 atom stereocenters. The Morgan fingerprint density at radius 2 is 2.21 bits per heavy atom. The second-order valence-electron chi connectivity index (χ2n) is 5.39. The highest BCUT2D eigenvalue weighted by atomic mass is 16.1. The van der Waals surface area contributed by atoms with E-state index in [1.807, 2.05) is 12.1 Å². The van der Waals surface area contributed by atoms with Gasteiger partial charge in [-0.1, -0.05) is 30.7 Å². The van der Waals surface area contributed by atoms with E-state index in [0.29, 0.717) is 12.5 Å². The van der Waals surface area contributed by atoms with E-state index in [1.165, 1.54) is 24.0 Å². The van der Waals surface area contributed by atoms with E-state index in [0.717, 1.165) is 25.9 Å². The number of amides is 1. The van der Waals surface area contributed by atoms with Crippen molar-refractivity contribution in [3.63, 3.8) is 0 Å². The van der Waals surface area contributed by atoms with Gasteiger partial charge < -0.3 is 10.6 Å². The van der Waals surface area contributed by atoms with Crippen LogP contribution in [0.5, 0.6) is 0 Å². The van der Waals surface area contributed by atoms with Gasteiger partial charge >= 0.3 is 0 Å². The first-order valence-corrected chi connectivity index (χ1v) is 7.30. The molecule has 1 amide bonds. The van der Waals surface area contributed by atoms with Gasteiger partial charge in [0.2, 0.25) is 5.91 Å². The van der Waals surface area contributed by atoms with Crippen LogP contribution in [0.15, 0.2) is 24.3 Å². The van der Waals surface area contributed by atoms with E-state index in [-0.39, 0.29) is 5.91 Å². The van der Waals surface area contributed by atoms with Crippen molar-refractivity contribution in [2.24, 2.45) is 0 Å². The Bertz CT molecular complexity index is 409. The lowest BCUT2D eigenvalue weighted by Crippen LogP contribution is -2.40. The van der Waals surface area contributed by atoms with Crippen molar-refractivity contribution in [1.82, 2.24) is 10.6 Å². The van der Waals surface area contributed by atoms with Crippen molar-refractivity contribution in [1.29, 1.82) is 0 Å². The zero-order chi connectivity index (χ0) is 13.5. The first-order chi connectivity index (χ1) is 9.25. The van der Waals surface area contributed by atoms with Crippen LogP contribution in [0.25, 0.3) is 0 Å². The van der Waals surface area contributed by atoms with Crippen molar-refractivity contribution in [3.05, 3.63) is 35.4 Å². The SMILES string of the molecule is Cc1ccccc1CCC(=O)NC1CCCCNC1.